The summed E-state index contributed by atoms with van der Waals surface area (Å²) in [6.07, 6.45) is 5.36. The van der Waals surface area contributed by atoms with Crippen LogP contribution in [0.15, 0.2) is 43.0 Å². The minimum atomic E-state index is 0.555. The van der Waals surface area contributed by atoms with Crippen LogP contribution in [-0.2, 0) is 11.3 Å². The van der Waals surface area contributed by atoms with Crippen molar-refractivity contribution in [3.8, 4) is 17.1 Å². The molecule has 4 heterocycles. The molecule has 0 radical (unpaired) electrons. The van der Waals surface area contributed by atoms with Crippen LogP contribution in [0.1, 0.15) is 24.4 Å². The van der Waals surface area contributed by atoms with Crippen LogP contribution < -0.4 is 15.4 Å². The molecule has 36 heavy (non-hydrogen) atoms. The van der Waals surface area contributed by atoms with Gasteiger partial charge in [0, 0.05) is 37.6 Å². The minimum Gasteiger partial charge on any atom is -0.494 e. The van der Waals surface area contributed by atoms with Crippen molar-refractivity contribution < 1.29 is 9.47 Å². The van der Waals surface area contributed by atoms with Gasteiger partial charge in [0.2, 0.25) is 0 Å². The predicted molar refractivity (Wildman–Crippen MR) is 136 cm³/mol. The largest absolute Gasteiger partial charge is 0.494 e. The molecular weight excluding hydrogens is 458 g/mol. The third-order valence-corrected chi connectivity index (χ3v) is 5.93. The molecule has 0 spiro atoms. The molecule has 0 unspecified atom stereocenters. The van der Waals surface area contributed by atoms with Gasteiger partial charge in [-0.15, -0.1) is 0 Å². The number of nitrogens with zero attached hydrogens (tertiary/aromatic N) is 7. The fourth-order valence-corrected chi connectivity index (χ4v) is 4.28. The van der Waals surface area contributed by atoms with Crippen LogP contribution in [0.25, 0.3) is 11.4 Å². The van der Waals surface area contributed by atoms with Crippen molar-refractivity contribution in [3.05, 3.63) is 54.5 Å². The van der Waals surface area contributed by atoms with Crippen LogP contribution in [0.2, 0.25) is 0 Å². The molecule has 0 amide bonds. The Balaban J connectivity index is 1.35. The summed E-state index contributed by atoms with van der Waals surface area (Å²) in [6.45, 7) is 6.24. The summed E-state index contributed by atoms with van der Waals surface area (Å²) in [5.41, 5.74) is 2.42. The zero-order valence-corrected chi connectivity index (χ0v) is 20.6. The van der Waals surface area contributed by atoms with Gasteiger partial charge in [-0.25, -0.2) is 24.9 Å². The number of hydrogen-bond donors (Lipinski definition) is 2. The second kappa shape index (κ2) is 10.6. The summed E-state index contributed by atoms with van der Waals surface area (Å²) < 4.78 is 13.1. The second-order valence-corrected chi connectivity index (χ2v) is 8.71. The van der Waals surface area contributed by atoms with E-state index in [9.17, 15) is 0 Å². The van der Waals surface area contributed by atoms with Gasteiger partial charge in [0.05, 0.1) is 18.4 Å². The number of ether oxygens (including phenoxy) is 2. The van der Waals surface area contributed by atoms with E-state index in [0.717, 1.165) is 49.5 Å². The molecule has 0 bridgehead atoms. The Labute approximate surface area is 209 Å². The molecule has 5 rings (SSSR count). The number of nitrogens with one attached hydrogen (secondary N) is 2. The van der Waals surface area contributed by atoms with Gasteiger partial charge in [0.25, 0.3) is 0 Å². The number of anilines is 4. The van der Waals surface area contributed by atoms with Crippen LogP contribution in [0.4, 0.5) is 23.1 Å². The Morgan fingerprint density at radius 3 is 2.58 bits per heavy atom. The first kappa shape index (κ1) is 23.6. The Morgan fingerprint density at radius 1 is 1.00 bits per heavy atom. The predicted octanol–water partition coefficient (Wildman–Crippen LogP) is 4.06. The Bertz CT molecular complexity index is 1310. The molecule has 1 fully saturated rings. The average Bonchev–Trinajstić information content (AvgIpc) is 3.32. The van der Waals surface area contributed by atoms with E-state index in [4.69, 9.17) is 14.6 Å². The SMILES string of the molecule is COc1c(Nc2cc(Nc3cc(C)nc(C)n3)ncn2)cccc1-c1ncn(CC2CCOCC2)n1. The number of aromatic nitrogens is 7. The van der Waals surface area contributed by atoms with Crippen molar-refractivity contribution in [1.82, 2.24) is 34.7 Å². The molecule has 2 N–H and O–H groups in total. The Kier molecular flexibility index (Phi) is 6.99. The molecule has 1 saturated heterocycles. The van der Waals surface area contributed by atoms with Gasteiger partial charge >= 0.3 is 0 Å². The number of para-hydroxylation sites is 1. The normalized spacial score (nSPS) is 14.0. The topological polar surface area (TPSA) is 125 Å². The van der Waals surface area contributed by atoms with E-state index in [1.54, 1.807) is 19.5 Å². The molecule has 186 valence electrons. The lowest BCUT2D eigenvalue weighted by Gasteiger charge is -2.21. The summed E-state index contributed by atoms with van der Waals surface area (Å²) in [6, 6.07) is 9.48. The van der Waals surface area contributed by atoms with Crippen molar-refractivity contribution in [2.75, 3.05) is 31.0 Å². The quantitative estimate of drug-likeness (QED) is 0.376. The molecule has 3 aromatic heterocycles. The first-order chi connectivity index (χ1) is 17.6. The van der Waals surface area contributed by atoms with Crippen molar-refractivity contribution >= 4 is 23.1 Å². The highest BCUT2D eigenvalue weighted by molar-refractivity contribution is 5.77. The van der Waals surface area contributed by atoms with E-state index in [1.165, 1.54) is 6.33 Å². The van der Waals surface area contributed by atoms with Crippen molar-refractivity contribution in [1.29, 1.82) is 0 Å². The van der Waals surface area contributed by atoms with Gasteiger partial charge in [-0.05, 0) is 44.7 Å². The van der Waals surface area contributed by atoms with E-state index >= 15 is 0 Å². The highest BCUT2D eigenvalue weighted by atomic mass is 16.5. The lowest BCUT2D eigenvalue weighted by molar-refractivity contribution is 0.0601. The second-order valence-electron chi connectivity index (χ2n) is 8.71. The van der Waals surface area contributed by atoms with E-state index < -0.39 is 0 Å². The fraction of sp³-hybridized carbons (Fsp3) is 0.360. The molecular formula is C25H29N9O2. The van der Waals surface area contributed by atoms with Crippen LogP contribution in [0.3, 0.4) is 0 Å². The zero-order chi connectivity index (χ0) is 24.9. The van der Waals surface area contributed by atoms with Gasteiger partial charge in [0.1, 0.15) is 35.9 Å². The Hall–Kier alpha value is -4.12. The number of methoxy groups -OCH3 is 1. The first-order valence-electron chi connectivity index (χ1n) is 11.9. The smallest absolute Gasteiger partial charge is 0.184 e. The summed E-state index contributed by atoms with van der Waals surface area (Å²) >= 11 is 0. The van der Waals surface area contributed by atoms with E-state index in [-0.39, 0.29) is 0 Å². The molecule has 11 heteroatoms. The summed E-state index contributed by atoms with van der Waals surface area (Å²) in [4.78, 5) is 21.9. The maximum atomic E-state index is 5.77. The van der Waals surface area contributed by atoms with Crippen LogP contribution >= 0.6 is 0 Å². The summed E-state index contributed by atoms with van der Waals surface area (Å²) in [5, 5.41) is 11.3. The molecule has 1 aromatic carbocycles. The maximum absolute atomic E-state index is 5.77. The lowest BCUT2D eigenvalue weighted by atomic mass is 10.0. The van der Waals surface area contributed by atoms with E-state index in [1.807, 2.05) is 42.8 Å². The Morgan fingerprint density at radius 2 is 1.81 bits per heavy atom. The number of benzene rings is 1. The van der Waals surface area contributed by atoms with Crippen LogP contribution in [0.5, 0.6) is 5.75 Å². The monoisotopic (exact) mass is 487 g/mol. The van der Waals surface area contributed by atoms with Crippen LogP contribution in [-0.4, -0.2) is 55.0 Å². The van der Waals surface area contributed by atoms with Gasteiger partial charge in [-0.2, -0.15) is 5.10 Å². The van der Waals surface area contributed by atoms with Gasteiger partial charge < -0.3 is 20.1 Å². The van der Waals surface area contributed by atoms with Crippen molar-refractivity contribution in [2.24, 2.45) is 5.92 Å². The van der Waals surface area contributed by atoms with Gasteiger partial charge in [0.15, 0.2) is 11.6 Å². The number of aryl methyl sites for hydroxylation is 2. The number of hydrogen-bond acceptors (Lipinski definition) is 10. The fourth-order valence-electron chi connectivity index (χ4n) is 4.28. The van der Waals surface area contributed by atoms with E-state index in [0.29, 0.717) is 40.8 Å². The average molecular weight is 488 g/mol. The van der Waals surface area contributed by atoms with Crippen LogP contribution in [0, 0.1) is 19.8 Å². The molecule has 11 nitrogen and oxygen atoms in total. The molecule has 1 aliphatic rings. The van der Waals surface area contributed by atoms with Gasteiger partial charge in [-0.1, -0.05) is 6.07 Å². The molecule has 0 atom stereocenters. The third kappa shape index (κ3) is 5.57. The third-order valence-electron chi connectivity index (χ3n) is 5.93. The number of rotatable bonds is 8. The summed E-state index contributed by atoms with van der Waals surface area (Å²) in [7, 11) is 1.63. The van der Waals surface area contributed by atoms with Crippen molar-refractivity contribution in [3.63, 3.8) is 0 Å². The van der Waals surface area contributed by atoms with E-state index in [2.05, 4.69) is 35.6 Å². The van der Waals surface area contributed by atoms with Crippen molar-refractivity contribution in [2.45, 2.75) is 33.2 Å². The maximum Gasteiger partial charge on any atom is 0.184 e. The zero-order valence-electron chi connectivity index (χ0n) is 20.6. The molecule has 4 aromatic rings. The molecule has 0 saturated carbocycles. The summed E-state index contributed by atoms with van der Waals surface area (Å²) in [5.74, 6) is 4.37. The highest BCUT2D eigenvalue weighted by Gasteiger charge is 2.18. The minimum absolute atomic E-state index is 0.555. The van der Waals surface area contributed by atoms with Gasteiger partial charge in [-0.3, -0.25) is 4.68 Å². The first-order valence-corrected chi connectivity index (χ1v) is 11.9. The highest BCUT2D eigenvalue weighted by Crippen LogP contribution is 2.36. The lowest BCUT2D eigenvalue weighted by Crippen LogP contribution is -2.20. The molecule has 1 aliphatic heterocycles. The molecule has 0 aliphatic carbocycles. The standard InChI is InChI=1S/C25H29N9O2/c1-16-11-23(30-17(2)29-16)32-22-12-21(26-14-27-22)31-20-6-4-5-19(24(20)35-3)25-28-15-34(33-25)13-18-7-9-36-10-8-18/h4-6,11-12,14-15,18H,7-10,13H2,1-3H3,(H2,26,27,29,30,31,32).